The van der Waals surface area contributed by atoms with Crippen LogP contribution in [0.5, 0.6) is 11.5 Å². The van der Waals surface area contributed by atoms with E-state index in [1.165, 1.54) is 0 Å². The van der Waals surface area contributed by atoms with Crippen molar-refractivity contribution in [3.05, 3.63) is 66.4 Å². The number of benzene rings is 2. The van der Waals surface area contributed by atoms with Crippen LogP contribution in [0.1, 0.15) is 5.56 Å². The Labute approximate surface area is 121 Å². The van der Waals surface area contributed by atoms with Crippen LogP contribution in [-0.4, -0.2) is 16.0 Å². The minimum atomic E-state index is 0.0657. The minimum absolute atomic E-state index is 0.0657. The van der Waals surface area contributed by atoms with Gasteiger partial charge in [0.2, 0.25) is 0 Å². The Morgan fingerprint density at radius 1 is 1.05 bits per heavy atom. The van der Waals surface area contributed by atoms with Gasteiger partial charge in [0.05, 0.1) is 5.52 Å². The SMILES string of the molecule is N/C(=N/O)c1ccc(Oc2cccc3ncccc23)cc1. The lowest BCUT2D eigenvalue weighted by atomic mass is 10.2. The summed E-state index contributed by atoms with van der Waals surface area (Å²) in [6, 6.07) is 16.5. The van der Waals surface area contributed by atoms with E-state index in [1.54, 1.807) is 30.5 Å². The molecule has 3 N–H and O–H groups in total. The molecule has 5 heteroatoms. The number of aromatic nitrogens is 1. The Hall–Kier alpha value is -3.08. The molecule has 3 rings (SSSR count). The standard InChI is InChI=1S/C16H13N3O2/c17-16(19-20)11-6-8-12(9-7-11)21-15-5-1-4-14-13(15)3-2-10-18-14/h1-10,20H,(H2,17,19). The van der Waals surface area contributed by atoms with Crippen molar-refractivity contribution in [2.75, 3.05) is 0 Å². The van der Waals surface area contributed by atoms with Gasteiger partial charge in [0.25, 0.3) is 0 Å². The predicted octanol–water partition coefficient (Wildman–Crippen LogP) is 3.12. The molecule has 0 atom stereocenters. The van der Waals surface area contributed by atoms with Crippen molar-refractivity contribution in [2.24, 2.45) is 10.9 Å². The second-order valence-electron chi connectivity index (χ2n) is 4.44. The first-order valence-electron chi connectivity index (χ1n) is 6.37. The molecule has 3 aromatic rings. The van der Waals surface area contributed by atoms with Crippen LogP contribution in [0, 0.1) is 0 Å². The summed E-state index contributed by atoms with van der Waals surface area (Å²) in [6.45, 7) is 0. The molecule has 2 aromatic carbocycles. The van der Waals surface area contributed by atoms with E-state index >= 15 is 0 Å². The van der Waals surface area contributed by atoms with Gasteiger partial charge in [-0.2, -0.15) is 0 Å². The number of amidine groups is 1. The fraction of sp³-hybridized carbons (Fsp3) is 0. The van der Waals surface area contributed by atoms with Gasteiger partial charge in [-0.05, 0) is 48.5 Å². The lowest BCUT2D eigenvalue weighted by molar-refractivity contribution is 0.318. The molecule has 21 heavy (non-hydrogen) atoms. The van der Waals surface area contributed by atoms with Crippen molar-refractivity contribution in [3.8, 4) is 11.5 Å². The van der Waals surface area contributed by atoms with Crippen LogP contribution in [0.25, 0.3) is 10.9 Å². The first-order valence-corrected chi connectivity index (χ1v) is 6.37. The van der Waals surface area contributed by atoms with Gasteiger partial charge in [0.1, 0.15) is 11.5 Å². The third kappa shape index (κ3) is 2.62. The second-order valence-corrected chi connectivity index (χ2v) is 4.44. The van der Waals surface area contributed by atoms with Crippen molar-refractivity contribution >= 4 is 16.7 Å². The Morgan fingerprint density at radius 2 is 1.86 bits per heavy atom. The predicted molar refractivity (Wildman–Crippen MR) is 80.8 cm³/mol. The molecule has 0 bridgehead atoms. The van der Waals surface area contributed by atoms with Crippen LogP contribution in [-0.2, 0) is 0 Å². The monoisotopic (exact) mass is 279 g/mol. The normalized spacial score (nSPS) is 11.5. The lowest BCUT2D eigenvalue weighted by Gasteiger charge is -2.09. The largest absolute Gasteiger partial charge is 0.457 e. The van der Waals surface area contributed by atoms with Crippen LogP contribution < -0.4 is 10.5 Å². The average Bonchev–Trinajstić information content (AvgIpc) is 2.55. The first kappa shape index (κ1) is 12.9. The van der Waals surface area contributed by atoms with Crippen molar-refractivity contribution in [1.82, 2.24) is 4.98 Å². The molecule has 0 saturated heterocycles. The topological polar surface area (TPSA) is 80.7 Å². The van der Waals surface area contributed by atoms with Gasteiger partial charge in [-0.15, -0.1) is 0 Å². The molecular formula is C16H13N3O2. The summed E-state index contributed by atoms with van der Waals surface area (Å²) in [5, 5.41) is 12.5. The number of rotatable bonds is 3. The summed E-state index contributed by atoms with van der Waals surface area (Å²) >= 11 is 0. The summed E-state index contributed by atoms with van der Waals surface area (Å²) in [7, 11) is 0. The van der Waals surface area contributed by atoms with Gasteiger partial charge < -0.3 is 15.7 Å². The first-order chi connectivity index (χ1) is 10.3. The van der Waals surface area contributed by atoms with Crippen LogP contribution in [0.4, 0.5) is 0 Å². The smallest absolute Gasteiger partial charge is 0.170 e. The summed E-state index contributed by atoms with van der Waals surface area (Å²) in [5.41, 5.74) is 7.03. The molecule has 0 fully saturated rings. The molecular weight excluding hydrogens is 266 g/mol. The van der Waals surface area contributed by atoms with E-state index < -0.39 is 0 Å². The van der Waals surface area contributed by atoms with E-state index in [0.717, 1.165) is 16.7 Å². The van der Waals surface area contributed by atoms with Crippen molar-refractivity contribution in [2.45, 2.75) is 0 Å². The van der Waals surface area contributed by atoms with Gasteiger partial charge >= 0.3 is 0 Å². The molecule has 0 unspecified atom stereocenters. The molecule has 5 nitrogen and oxygen atoms in total. The molecule has 0 aliphatic heterocycles. The Morgan fingerprint density at radius 3 is 2.62 bits per heavy atom. The van der Waals surface area contributed by atoms with Gasteiger partial charge in [0, 0.05) is 17.1 Å². The van der Waals surface area contributed by atoms with Crippen molar-refractivity contribution in [1.29, 1.82) is 0 Å². The van der Waals surface area contributed by atoms with Crippen LogP contribution >= 0.6 is 0 Å². The van der Waals surface area contributed by atoms with Gasteiger partial charge in [0.15, 0.2) is 5.84 Å². The molecule has 0 aliphatic rings. The number of fused-ring (bicyclic) bond motifs is 1. The number of nitrogens with zero attached hydrogens (tertiary/aromatic N) is 2. The maximum absolute atomic E-state index is 8.64. The van der Waals surface area contributed by atoms with E-state index in [2.05, 4.69) is 10.1 Å². The van der Waals surface area contributed by atoms with E-state index in [9.17, 15) is 0 Å². The lowest BCUT2D eigenvalue weighted by Crippen LogP contribution is -2.12. The molecule has 0 saturated carbocycles. The Kier molecular flexibility index (Phi) is 3.39. The van der Waals surface area contributed by atoms with E-state index in [-0.39, 0.29) is 5.84 Å². The fourth-order valence-corrected chi connectivity index (χ4v) is 2.04. The zero-order chi connectivity index (χ0) is 14.7. The number of hydrogen-bond acceptors (Lipinski definition) is 4. The van der Waals surface area contributed by atoms with E-state index in [4.69, 9.17) is 15.7 Å². The van der Waals surface area contributed by atoms with Crippen LogP contribution in [0.2, 0.25) is 0 Å². The third-order valence-corrected chi connectivity index (χ3v) is 3.09. The van der Waals surface area contributed by atoms with Gasteiger partial charge in [-0.25, -0.2) is 0 Å². The summed E-state index contributed by atoms with van der Waals surface area (Å²) in [4.78, 5) is 4.29. The second kappa shape index (κ2) is 5.50. The molecule has 0 aliphatic carbocycles. The van der Waals surface area contributed by atoms with Gasteiger partial charge in [-0.3, -0.25) is 4.98 Å². The van der Waals surface area contributed by atoms with Gasteiger partial charge in [-0.1, -0.05) is 11.2 Å². The Balaban J connectivity index is 1.92. The van der Waals surface area contributed by atoms with Crippen molar-refractivity contribution in [3.63, 3.8) is 0 Å². The molecule has 0 spiro atoms. The zero-order valence-electron chi connectivity index (χ0n) is 11.1. The van der Waals surface area contributed by atoms with E-state index in [0.29, 0.717) is 11.3 Å². The fourth-order valence-electron chi connectivity index (χ4n) is 2.04. The number of ether oxygens (including phenoxy) is 1. The maximum atomic E-state index is 8.64. The van der Waals surface area contributed by atoms with E-state index in [1.807, 2.05) is 30.3 Å². The van der Waals surface area contributed by atoms with Crippen molar-refractivity contribution < 1.29 is 9.94 Å². The highest BCUT2D eigenvalue weighted by molar-refractivity contribution is 5.97. The quantitative estimate of drug-likeness (QED) is 0.334. The molecule has 104 valence electrons. The summed E-state index contributed by atoms with van der Waals surface area (Å²) < 4.78 is 5.88. The molecule has 1 aromatic heterocycles. The maximum Gasteiger partial charge on any atom is 0.170 e. The summed E-state index contributed by atoms with van der Waals surface area (Å²) in [6.07, 6.45) is 1.75. The highest BCUT2D eigenvalue weighted by Gasteiger charge is 2.04. The van der Waals surface area contributed by atoms with Crippen LogP contribution in [0.15, 0.2) is 65.9 Å². The molecule has 1 heterocycles. The summed E-state index contributed by atoms with van der Waals surface area (Å²) in [5.74, 6) is 1.47. The Bertz CT molecular complexity index is 793. The minimum Gasteiger partial charge on any atom is -0.457 e. The number of hydrogen-bond donors (Lipinski definition) is 2. The molecule has 0 radical (unpaired) electrons. The average molecular weight is 279 g/mol. The third-order valence-electron chi connectivity index (χ3n) is 3.09. The van der Waals surface area contributed by atoms with Crippen LogP contribution in [0.3, 0.4) is 0 Å². The highest BCUT2D eigenvalue weighted by Crippen LogP contribution is 2.28. The number of nitrogens with two attached hydrogens (primary N) is 1. The molecule has 0 amide bonds. The number of pyridine rings is 1. The number of oxime groups is 1. The zero-order valence-corrected chi connectivity index (χ0v) is 11.1. The highest BCUT2D eigenvalue weighted by atomic mass is 16.5.